The predicted octanol–water partition coefficient (Wildman–Crippen LogP) is 3.24. The summed E-state index contributed by atoms with van der Waals surface area (Å²) in [7, 11) is 0. The van der Waals surface area contributed by atoms with E-state index in [1.807, 2.05) is 0 Å². The molecule has 3 rings (SSSR count). The molecule has 0 atom stereocenters. The van der Waals surface area contributed by atoms with Crippen molar-refractivity contribution in [2.75, 3.05) is 18.0 Å². The number of para-hydroxylation sites is 1. The van der Waals surface area contributed by atoms with E-state index in [2.05, 4.69) is 65.7 Å². The average Bonchev–Trinajstić information content (AvgIpc) is 2.61. The second-order valence-corrected chi connectivity index (χ2v) is 4.80. The fraction of sp³-hybridized carbons (Fsp3) is 0.250. The van der Waals surface area contributed by atoms with Crippen molar-refractivity contribution in [3.8, 4) is 0 Å². The zero-order valence-electron chi connectivity index (χ0n) is 10.7. The van der Waals surface area contributed by atoms with Gasteiger partial charge in [-0.2, -0.15) is 0 Å². The van der Waals surface area contributed by atoms with Gasteiger partial charge in [0.15, 0.2) is 0 Å². The maximum Gasteiger partial charge on any atom is 0.0456 e. The Balaban J connectivity index is 2.07. The van der Waals surface area contributed by atoms with Crippen LogP contribution in [-0.2, 0) is 6.54 Å². The summed E-state index contributed by atoms with van der Waals surface area (Å²) in [6, 6.07) is 17.3. The monoisotopic (exact) mass is 238 g/mol. The lowest BCUT2D eigenvalue weighted by Gasteiger charge is -2.24. The van der Waals surface area contributed by atoms with Gasteiger partial charge >= 0.3 is 0 Å². The van der Waals surface area contributed by atoms with Crippen molar-refractivity contribution < 1.29 is 0 Å². The first-order valence-electron chi connectivity index (χ1n) is 6.47. The Kier molecular flexibility index (Phi) is 3.03. The maximum absolute atomic E-state index is 3.49. The van der Waals surface area contributed by atoms with E-state index in [1.54, 1.807) is 0 Å². The van der Waals surface area contributed by atoms with Crippen molar-refractivity contribution in [3.05, 3.63) is 59.7 Å². The quantitative estimate of drug-likeness (QED) is 0.820. The number of rotatable bonds is 1. The number of aryl methyl sites for hydroxylation is 1. The van der Waals surface area contributed by atoms with Gasteiger partial charge in [-0.3, -0.25) is 0 Å². The molecular weight excluding hydrogens is 220 g/mol. The van der Waals surface area contributed by atoms with E-state index in [9.17, 15) is 0 Å². The third-order valence-electron chi connectivity index (χ3n) is 3.42. The lowest BCUT2D eigenvalue weighted by Crippen LogP contribution is -2.24. The largest absolute Gasteiger partial charge is 0.340 e. The van der Waals surface area contributed by atoms with Gasteiger partial charge in [-0.25, -0.2) is 0 Å². The van der Waals surface area contributed by atoms with Crippen LogP contribution in [0.25, 0.3) is 0 Å². The second kappa shape index (κ2) is 4.83. The van der Waals surface area contributed by atoms with Gasteiger partial charge in [0.1, 0.15) is 0 Å². The van der Waals surface area contributed by atoms with Gasteiger partial charge in [0.05, 0.1) is 0 Å². The molecule has 1 aliphatic heterocycles. The SMILES string of the molecule is Cc1ccc2c(c1)CNCCN2c1ccccc1. The number of nitrogens with one attached hydrogen (secondary N) is 1. The summed E-state index contributed by atoms with van der Waals surface area (Å²) in [6.07, 6.45) is 0. The molecule has 2 aromatic carbocycles. The smallest absolute Gasteiger partial charge is 0.0456 e. The van der Waals surface area contributed by atoms with Crippen LogP contribution in [0, 0.1) is 6.92 Å². The molecule has 2 heteroatoms. The molecule has 0 unspecified atom stereocenters. The molecule has 2 nitrogen and oxygen atoms in total. The lowest BCUT2D eigenvalue weighted by molar-refractivity contribution is 0.712. The molecule has 0 radical (unpaired) electrons. The van der Waals surface area contributed by atoms with Gasteiger partial charge in [0, 0.05) is 31.0 Å². The number of benzene rings is 2. The fourth-order valence-corrected chi connectivity index (χ4v) is 2.53. The van der Waals surface area contributed by atoms with Crippen molar-refractivity contribution in [1.29, 1.82) is 0 Å². The summed E-state index contributed by atoms with van der Waals surface area (Å²) in [6.45, 7) is 5.14. The van der Waals surface area contributed by atoms with E-state index in [-0.39, 0.29) is 0 Å². The minimum absolute atomic E-state index is 0.959. The van der Waals surface area contributed by atoms with Crippen molar-refractivity contribution in [2.24, 2.45) is 0 Å². The molecule has 1 heterocycles. The normalized spacial score (nSPS) is 15.1. The minimum atomic E-state index is 0.959. The molecule has 18 heavy (non-hydrogen) atoms. The van der Waals surface area contributed by atoms with E-state index >= 15 is 0 Å². The lowest BCUT2D eigenvalue weighted by atomic mass is 10.1. The summed E-state index contributed by atoms with van der Waals surface area (Å²) in [5.74, 6) is 0. The van der Waals surface area contributed by atoms with Crippen LogP contribution in [0.4, 0.5) is 11.4 Å². The van der Waals surface area contributed by atoms with Gasteiger partial charge in [-0.05, 0) is 30.7 Å². The number of anilines is 2. The van der Waals surface area contributed by atoms with Crippen molar-refractivity contribution >= 4 is 11.4 Å². The van der Waals surface area contributed by atoms with E-state index < -0.39 is 0 Å². The van der Waals surface area contributed by atoms with Crippen LogP contribution in [0.5, 0.6) is 0 Å². The van der Waals surface area contributed by atoms with E-state index in [1.165, 1.54) is 22.5 Å². The molecule has 1 aliphatic rings. The Morgan fingerprint density at radius 1 is 1.06 bits per heavy atom. The molecule has 92 valence electrons. The Labute approximate surface area is 108 Å². The summed E-state index contributed by atoms with van der Waals surface area (Å²) in [4.78, 5) is 2.40. The Morgan fingerprint density at radius 3 is 2.72 bits per heavy atom. The third kappa shape index (κ3) is 2.12. The highest BCUT2D eigenvalue weighted by Crippen LogP contribution is 2.30. The first-order valence-corrected chi connectivity index (χ1v) is 6.47. The van der Waals surface area contributed by atoms with Crippen molar-refractivity contribution in [1.82, 2.24) is 5.32 Å². The van der Waals surface area contributed by atoms with Crippen LogP contribution in [0.1, 0.15) is 11.1 Å². The Morgan fingerprint density at radius 2 is 1.89 bits per heavy atom. The minimum Gasteiger partial charge on any atom is -0.340 e. The summed E-state index contributed by atoms with van der Waals surface area (Å²) >= 11 is 0. The van der Waals surface area contributed by atoms with Gasteiger partial charge in [-0.1, -0.05) is 35.9 Å². The molecule has 0 aliphatic carbocycles. The van der Waals surface area contributed by atoms with E-state index in [0.29, 0.717) is 0 Å². The van der Waals surface area contributed by atoms with Crippen LogP contribution >= 0.6 is 0 Å². The molecule has 0 saturated heterocycles. The zero-order chi connectivity index (χ0) is 12.4. The first-order chi connectivity index (χ1) is 8.84. The second-order valence-electron chi connectivity index (χ2n) is 4.80. The van der Waals surface area contributed by atoms with Crippen LogP contribution in [0.15, 0.2) is 48.5 Å². The summed E-state index contributed by atoms with van der Waals surface area (Å²) < 4.78 is 0. The van der Waals surface area contributed by atoms with Gasteiger partial charge in [-0.15, -0.1) is 0 Å². The molecule has 0 bridgehead atoms. The van der Waals surface area contributed by atoms with Gasteiger partial charge in [0.25, 0.3) is 0 Å². The molecule has 0 spiro atoms. The third-order valence-corrected chi connectivity index (χ3v) is 3.42. The molecule has 2 aromatic rings. The van der Waals surface area contributed by atoms with Crippen LogP contribution < -0.4 is 10.2 Å². The van der Waals surface area contributed by atoms with Crippen molar-refractivity contribution in [2.45, 2.75) is 13.5 Å². The highest BCUT2D eigenvalue weighted by atomic mass is 15.2. The number of hydrogen-bond donors (Lipinski definition) is 1. The number of hydrogen-bond acceptors (Lipinski definition) is 2. The standard InChI is InChI=1S/C16H18N2/c1-13-7-8-16-14(11-13)12-17-9-10-18(16)15-5-3-2-4-6-15/h2-8,11,17H,9-10,12H2,1H3. The molecule has 0 aromatic heterocycles. The Hall–Kier alpha value is -1.80. The van der Waals surface area contributed by atoms with Crippen molar-refractivity contribution in [3.63, 3.8) is 0 Å². The fourth-order valence-electron chi connectivity index (χ4n) is 2.53. The van der Waals surface area contributed by atoms with E-state index in [0.717, 1.165) is 19.6 Å². The highest BCUT2D eigenvalue weighted by Gasteiger charge is 2.15. The highest BCUT2D eigenvalue weighted by molar-refractivity contribution is 5.67. The zero-order valence-corrected chi connectivity index (χ0v) is 10.7. The maximum atomic E-state index is 3.49. The molecule has 1 N–H and O–H groups in total. The molecule has 0 fully saturated rings. The summed E-state index contributed by atoms with van der Waals surface area (Å²) in [5, 5.41) is 3.49. The molecular formula is C16H18N2. The first kappa shape index (κ1) is 11.3. The topological polar surface area (TPSA) is 15.3 Å². The average molecular weight is 238 g/mol. The number of nitrogens with zero attached hydrogens (tertiary/aromatic N) is 1. The van der Waals surface area contributed by atoms with E-state index in [4.69, 9.17) is 0 Å². The van der Waals surface area contributed by atoms with Crippen LogP contribution in [0.3, 0.4) is 0 Å². The van der Waals surface area contributed by atoms with Gasteiger partial charge < -0.3 is 10.2 Å². The van der Waals surface area contributed by atoms with Crippen LogP contribution in [-0.4, -0.2) is 13.1 Å². The Bertz CT molecular complexity index is 534. The van der Waals surface area contributed by atoms with Gasteiger partial charge in [0.2, 0.25) is 0 Å². The number of fused-ring (bicyclic) bond motifs is 1. The molecule has 0 saturated carbocycles. The van der Waals surface area contributed by atoms with Crippen LogP contribution in [0.2, 0.25) is 0 Å². The summed E-state index contributed by atoms with van der Waals surface area (Å²) in [5.41, 5.74) is 5.31. The predicted molar refractivity (Wildman–Crippen MR) is 76.3 cm³/mol. The molecule has 0 amide bonds.